The largest absolute Gasteiger partial charge is 0.320 e. The highest BCUT2D eigenvalue weighted by Crippen LogP contribution is 2.31. The third-order valence-electron chi connectivity index (χ3n) is 2.68. The van der Waals surface area contributed by atoms with E-state index in [4.69, 9.17) is 28.9 Å². The molecule has 2 rings (SSSR count). The average Bonchev–Trinajstić information content (AvgIpc) is 2.36. The number of nitrogens with two attached hydrogens (primary N) is 1. The van der Waals surface area contributed by atoms with E-state index in [-0.39, 0.29) is 10.6 Å². The summed E-state index contributed by atoms with van der Waals surface area (Å²) >= 11 is 14.6. The fourth-order valence-electron chi connectivity index (χ4n) is 1.66. The summed E-state index contributed by atoms with van der Waals surface area (Å²) < 4.78 is 27.7. The molecule has 0 aliphatic heterocycles. The summed E-state index contributed by atoms with van der Waals surface area (Å²) in [4.78, 5) is 0. The predicted molar refractivity (Wildman–Crippen MR) is 76.6 cm³/mol. The van der Waals surface area contributed by atoms with Crippen molar-refractivity contribution >= 4 is 39.1 Å². The van der Waals surface area contributed by atoms with Gasteiger partial charge in [-0.3, -0.25) is 0 Å². The van der Waals surface area contributed by atoms with Crippen molar-refractivity contribution in [1.29, 1.82) is 0 Å². The van der Waals surface area contributed by atoms with Crippen LogP contribution in [0.5, 0.6) is 0 Å². The van der Waals surface area contributed by atoms with Crippen LogP contribution >= 0.6 is 39.1 Å². The normalized spacial score (nSPS) is 12.5. The van der Waals surface area contributed by atoms with Gasteiger partial charge in [0.1, 0.15) is 11.6 Å². The maximum atomic E-state index is 13.9. The summed E-state index contributed by atoms with van der Waals surface area (Å²) in [5.74, 6) is -1.11. The monoisotopic (exact) mass is 365 g/mol. The van der Waals surface area contributed by atoms with Gasteiger partial charge in [0.25, 0.3) is 0 Å². The molecule has 6 heteroatoms. The van der Waals surface area contributed by atoms with Gasteiger partial charge >= 0.3 is 0 Å². The van der Waals surface area contributed by atoms with Crippen molar-refractivity contribution in [2.24, 2.45) is 5.73 Å². The van der Waals surface area contributed by atoms with Crippen LogP contribution in [0.1, 0.15) is 17.2 Å². The van der Waals surface area contributed by atoms with E-state index in [2.05, 4.69) is 15.9 Å². The second-order valence-corrected chi connectivity index (χ2v) is 5.61. The zero-order chi connectivity index (χ0) is 14.2. The highest BCUT2D eigenvalue weighted by molar-refractivity contribution is 9.10. The first-order valence-corrected chi connectivity index (χ1v) is 6.80. The third kappa shape index (κ3) is 3.08. The number of hydrogen-bond donors (Lipinski definition) is 1. The molecule has 0 spiro atoms. The zero-order valence-corrected chi connectivity index (χ0v) is 12.5. The lowest BCUT2D eigenvalue weighted by molar-refractivity contribution is 0.595. The van der Waals surface area contributed by atoms with Crippen molar-refractivity contribution < 1.29 is 8.78 Å². The Kier molecular flexibility index (Phi) is 4.46. The summed E-state index contributed by atoms with van der Waals surface area (Å²) in [6, 6.07) is 5.93. The van der Waals surface area contributed by atoms with Crippen molar-refractivity contribution in [3.05, 3.63) is 67.6 Å². The van der Waals surface area contributed by atoms with E-state index in [1.165, 1.54) is 24.3 Å². The molecule has 0 radical (unpaired) electrons. The van der Waals surface area contributed by atoms with Gasteiger partial charge in [0, 0.05) is 10.0 Å². The highest BCUT2D eigenvalue weighted by atomic mass is 79.9. The topological polar surface area (TPSA) is 26.0 Å². The molecule has 2 N–H and O–H groups in total. The van der Waals surface area contributed by atoms with Crippen molar-refractivity contribution in [2.45, 2.75) is 6.04 Å². The quantitative estimate of drug-likeness (QED) is 0.736. The molecule has 0 saturated heterocycles. The van der Waals surface area contributed by atoms with Crippen molar-refractivity contribution in [1.82, 2.24) is 0 Å². The first-order chi connectivity index (χ1) is 8.90. The molecule has 0 saturated carbocycles. The Morgan fingerprint density at radius 1 is 1.00 bits per heavy atom. The van der Waals surface area contributed by atoms with Crippen LogP contribution in [0.4, 0.5) is 8.78 Å². The lowest BCUT2D eigenvalue weighted by atomic mass is 9.99. The second kappa shape index (κ2) is 5.75. The molecule has 0 fully saturated rings. The smallest absolute Gasteiger partial charge is 0.142 e. The van der Waals surface area contributed by atoms with Crippen LogP contribution in [0.2, 0.25) is 10.0 Å². The number of benzene rings is 2. The predicted octanol–water partition coefficient (Wildman–Crippen LogP) is 5.08. The zero-order valence-electron chi connectivity index (χ0n) is 9.43. The SMILES string of the molecule is NC(c1ccc(Cl)c(F)c1)c1cc(Cl)c(Br)cc1F. The van der Waals surface area contributed by atoms with E-state index in [0.717, 1.165) is 0 Å². The van der Waals surface area contributed by atoms with Crippen LogP contribution in [-0.2, 0) is 0 Å². The van der Waals surface area contributed by atoms with Crippen molar-refractivity contribution in [2.75, 3.05) is 0 Å². The summed E-state index contributed by atoms with van der Waals surface area (Å²) in [6.45, 7) is 0. The van der Waals surface area contributed by atoms with Crippen LogP contribution in [0.3, 0.4) is 0 Å². The van der Waals surface area contributed by atoms with E-state index < -0.39 is 17.7 Å². The molecule has 2 aromatic rings. The van der Waals surface area contributed by atoms with Gasteiger partial charge in [-0.05, 0) is 45.8 Å². The Bertz CT molecular complexity index is 634. The molecule has 2 aromatic carbocycles. The maximum Gasteiger partial charge on any atom is 0.142 e. The van der Waals surface area contributed by atoms with E-state index in [9.17, 15) is 8.78 Å². The van der Waals surface area contributed by atoms with Crippen molar-refractivity contribution in [3.8, 4) is 0 Å². The lowest BCUT2D eigenvalue weighted by Crippen LogP contribution is -2.14. The molecule has 0 aliphatic carbocycles. The van der Waals surface area contributed by atoms with Gasteiger partial charge in [0.2, 0.25) is 0 Å². The van der Waals surface area contributed by atoms with Gasteiger partial charge < -0.3 is 5.73 Å². The molecule has 19 heavy (non-hydrogen) atoms. The number of halogens is 5. The van der Waals surface area contributed by atoms with Crippen LogP contribution < -0.4 is 5.73 Å². The molecular formula is C13H8BrCl2F2N. The molecule has 0 bridgehead atoms. The lowest BCUT2D eigenvalue weighted by Gasteiger charge is -2.15. The van der Waals surface area contributed by atoms with Crippen LogP contribution in [0, 0.1) is 11.6 Å². The molecule has 1 atom stereocenters. The Morgan fingerprint density at radius 2 is 1.68 bits per heavy atom. The van der Waals surface area contributed by atoms with E-state index >= 15 is 0 Å². The Balaban J connectivity index is 2.46. The van der Waals surface area contributed by atoms with E-state index in [1.54, 1.807) is 6.07 Å². The number of hydrogen-bond acceptors (Lipinski definition) is 1. The van der Waals surface area contributed by atoms with Gasteiger partial charge in [0.05, 0.1) is 16.1 Å². The van der Waals surface area contributed by atoms with Gasteiger partial charge in [-0.1, -0.05) is 29.3 Å². The maximum absolute atomic E-state index is 13.9. The first kappa shape index (κ1) is 14.7. The summed E-state index contributed by atoms with van der Waals surface area (Å²) in [6.07, 6.45) is 0. The Hall–Kier alpha value is -0.680. The molecule has 1 unspecified atom stereocenters. The van der Waals surface area contributed by atoms with E-state index in [0.29, 0.717) is 15.1 Å². The molecule has 1 nitrogen and oxygen atoms in total. The first-order valence-electron chi connectivity index (χ1n) is 5.25. The fourth-order valence-corrected chi connectivity index (χ4v) is 2.27. The number of rotatable bonds is 2. The fraction of sp³-hybridized carbons (Fsp3) is 0.0769. The van der Waals surface area contributed by atoms with Crippen LogP contribution in [-0.4, -0.2) is 0 Å². The summed E-state index contributed by atoms with van der Waals surface area (Å²) in [5, 5.41) is 0.326. The molecular weight excluding hydrogens is 359 g/mol. The van der Waals surface area contributed by atoms with Crippen molar-refractivity contribution in [3.63, 3.8) is 0 Å². The summed E-state index contributed by atoms with van der Waals surface area (Å²) in [5.41, 5.74) is 6.54. The molecule has 0 heterocycles. The Labute approximate surface area is 127 Å². The Morgan fingerprint density at radius 3 is 2.32 bits per heavy atom. The summed E-state index contributed by atoms with van der Waals surface area (Å²) in [7, 11) is 0. The van der Waals surface area contributed by atoms with Gasteiger partial charge in [-0.25, -0.2) is 8.78 Å². The minimum atomic E-state index is -0.822. The van der Waals surface area contributed by atoms with Crippen LogP contribution in [0.15, 0.2) is 34.8 Å². The highest BCUT2D eigenvalue weighted by Gasteiger charge is 2.17. The minimum Gasteiger partial charge on any atom is -0.320 e. The van der Waals surface area contributed by atoms with Gasteiger partial charge in [0.15, 0.2) is 0 Å². The average molecular weight is 367 g/mol. The van der Waals surface area contributed by atoms with Gasteiger partial charge in [-0.2, -0.15) is 0 Å². The standard InChI is InChI=1S/C13H8BrCl2F2N/c14-8-5-11(17)7(4-10(8)16)13(19)6-1-2-9(15)12(18)3-6/h1-5,13H,19H2. The molecule has 0 aromatic heterocycles. The minimum absolute atomic E-state index is 0.00902. The van der Waals surface area contributed by atoms with E-state index in [1.807, 2.05) is 0 Å². The molecule has 0 aliphatic rings. The van der Waals surface area contributed by atoms with Crippen LogP contribution in [0.25, 0.3) is 0 Å². The third-order valence-corrected chi connectivity index (χ3v) is 4.18. The molecule has 100 valence electrons. The second-order valence-electron chi connectivity index (χ2n) is 3.94. The molecule has 0 amide bonds. The van der Waals surface area contributed by atoms with Gasteiger partial charge in [-0.15, -0.1) is 0 Å².